The zero-order valence-corrected chi connectivity index (χ0v) is 13.3. The minimum absolute atomic E-state index is 0.0644. The summed E-state index contributed by atoms with van der Waals surface area (Å²) in [6, 6.07) is 12.6. The van der Waals surface area contributed by atoms with E-state index < -0.39 is 17.6 Å². The summed E-state index contributed by atoms with van der Waals surface area (Å²) in [7, 11) is 0. The average Bonchev–Trinajstić information content (AvgIpc) is 2.62. The molecular formula is C18H13F3N4O. The Labute approximate surface area is 146 Å². The molecule has 2 N–H and O–H groups in total. The van der Waals surface area contributed by atoms with Crippen molar-refractivity contribution in [3.05, 3.63) is 78.1 Å². The van der Waals surface area contributed by atoms with Gasteiger partial charge in [-0.2, -0.15) is 13.2 Å². The van der Waals surface area contributed by atoms with Gasteiger partial charge in [0, 0.05) is 29.3 Å². The Morgan fingerprint density at radius 3 is 2.31 bits per heavy atom. The number of rotatable bonds is 4. The van der Waals surface area contributed by atoms with E-state index in [-0.39, 0.29) is 11.3 Å². The molecule has 0 spiro atoms. The van der Waals surface area contributed by atoms with Crippen LogP contribution in [0.15, 0.2) is 67.0 Å². The smallest absolute Gasteiger partial charge is 0.324 e. The van der Waals surface area contributed by atoms with E-state index in [0.717, 1.165) is 12.1 Å². The molecule has 132 valence electrons. The second-order valence-electron chi connectivity index (χ2n) is 5.31. The highest BCUT2D eigenvalue weighted by Gasteiger charge is 2.30. The van der Waals surface area contributed by atoms with Gasteiger partial charge in [-0.05, 0) is 42.5 Å². The minimum atomic E-state index is -4.47. The summed E-state index contributed by atoms with van der Waals surface area (Å²) in [6.07, 6.45) is -1.33. The highest BCUT2D eigenvalue weighted by atomic mass is 19.4. The quantitative estimate of drug-likeness (QED) is 0.721. The molecule has 0 fully saturated rings. The average molecular weight is 358 g/mol. The fourth-order valence-electron chi connectivity index (χ4n) is 2.21. The Morgan fingerprint density at radius 2 is 1.58 bits per heavy atom. The van der Waals surface area contributed by atoms with Gasteiger partial charge in [-0.25, -0.2) is 9.97 Å². The third-order valence-electron chi connectivity index (χ3n) is 3.39. The van der Waals surface area contributed by atoms with Crippen molar-refractivity contribution in [2.75, 3.05) is 10.6 Å². The maximum Gasteiger partial charge on any atom is 0.416 e. The zero-order chi connectivity index (χ0) is 18.6. The summed E-state index contributed by atoms with van der Waals surface area (Å²) in [5.41, 5.74) is 0.0951. The molecule has 2 aromatic carbocycles. The Hall–Kier alpha value is -3.42. The molecule has 0 aliphatic heterocycles. The molecule has 3 rings (SSSR count). The Balaban J connectivity index is 1.75. The van der Waals surface area contributed by atoms with Crippen LogP contribution in [0, 0.1) is 0 Å². The van der Waals surface area contributed by atoms with E-state index in [1.54, 1.807) is 42.7 Å². The lowest BCUT2D eigenvalue weighted by atomic mass is 10.1. The standard InChI is InChI=1S/C18H13F3N4O/c19-18(20,21)13-5-2-7-15(11-13)24-16(26)12-4-1-6-14(10-12)25-17-22-8-3-9-23-17/h1-11H,(H,24,26)(H,22,23,25). The van der Waals surface area contributed by atoms with Crippen LogP contribution in [0.4, 0.5) is 30.5 Å². The van der Waals surface area contributed by atoms with Gasteiger partial charge < -0.3 is 10.6 Å². The monoisotopic (exact) mass is 358 g/mol. The lowest BCUT2D eigenvalue weighted by molar-refractivity contribution is -0.137. The summed E-state index contributed by atoms with van der Waals surface area (Å²) < 4.78 is 38.3. The Morgan fingerprint density at radius 1 is 0.885 bits per heavy atom. The van der Waals surface area contributed by atoms with Gasteiger partial charge in [0.25, 0.3) is 5.91 Å². The SMILES string of the molecule is O=C(Nc1cccc(C(F)(F)F)c1)c1cccc(Nc2ncccn2)c1. The second kappa shape index (κ2) is 7.22. The third kappa shape index (κ3) is 4.35. The molecule has 26 heavy (non-hydrogen) atoms. The van der Waals surface area contributed by atoms with Gasteiger partial charge in [-0.15, -0.1) is 0 Å². The van der Waals surface area contributed by atoms with Crippen LogP contribution in [-0.2, 0) is 6.18 Å². The van der Waals surface area contributed by atoms with Crippen molar-refractivity contribution in [1.82, 2.24) is 9.97 Å². The maximum atomic E-state index is 12.8. The van der Waals surface area contributed by atoms with E-state index in [9.17, 15) is 18.0 Å². The molecule has 0 atom stereocenters. The number of hydrogen-bond donors (Lipinski definition) is 2. The highest BCUT2D eigenvalue weighted by molar-refractivity contribution is 6.04. The molecule has 1 heterocycles. The molecule has 1 amide bonds. The number of nitrogens with zero attached hydrogens (tertiary/aromatic N) is 2. The zero-order valence-electron chi connectivity index (χ0n) is 13.3. The maximum absolute atomic E-state index is 12.8. The van der Waals surface area contributed by atoms with Crippen molar-refractivity contribution >= 4 is 23.2 Å². The number of halogens is 3. The van der Waals surface area contributed by atoms with Crippen LogP contribution >= 0.6 is 0 Å². The van der Waals surface area contributed by atoms with Crippen LogP contribution in [0.3, 0.4) is 0 Å². The van der Waals surface area contributed by atoms with Gasteiger partial charge in [0.05, 0.1) is 5.56 Å². The number of hydrogen-bond acceptors (Lipinski definition) is 4. The first-order valence-electron chi connectivity index (χ1n) is 7.54. The van der Waals surface area contributed by atoms with Crippen molar-refractivity contribution < 1.29 is 18.0 Å². The van der Waals surface area contributed by atoms with Crippen molar-refractivity contribution in [1.29, 1.82) is 0 Å². The van der Waals surface area contributed by atoms with E-state index in [2.05, 4.69) is 20.6 Å². The third-order valence-corrected chi connectivity index (χ3v) is 3.39. The van der Waals surface area contributed by atoms with E-state index in [1.807, 2.05) is 0 Å². The first kappa shape index (κ1) is 17.4. The summed E-state index contributed by atoms with van der Waals surface area (Å²) in [5, 5.41) is 5.40. The number of anilines is 3. The van der Waals surface area contributed by atoms with Crippen molar-refractivity contribution in [2.24, 2.45) is 0 Å². The molecule has 5 nitrogen and oxygen atoms in total. The molecule has 1 aromatic heterocycles. The minimum Gasteiger partial charge on any atom is -0.324 e. The summed E-state index contributed by atoms with van der Waals surface area (Å²) in [4.78, 5) is 20.4. The Kier molecular flexibility index (Phi) is 4.83. The van der Waals surface area contributed by atoms with E-state index in [1.165, 1.54) is 12.1 Å². The first-order chi connectivity index (χ1) is 12.4. The fourth-order valence-corrected chi connectivity index (χ4v) is 2.21. The number of carbonyl (C=O) groups is 1. The molecule has 0 unspecified atom stereocenters. The van der Waals surface area contributed by atoms with Gasteiger partial charge in [-0.1, -0.05) is 12.1 Å². The number of aromatic nitrogens is 2. The largest absolute Gasteiger partial charge is 0.416 e. The number of carbonyl (C=O) groups excluding carboxylic acids is 1. The highest BCUT2D eigenvalue weighted by Crippen LogP contribution is 2.30. The van der Waals surface area contributed by atoms with Gasteiger partial charge >= 0.3 is 6.18 Å². The predicted molar refractivity (Wildman–Crippen MR) is 91.2 cm³/mol. The van der Waals surface area contributed by atoms with Crippen molar-refractivity contribution in [2.45, 2.75) is 6.18 Å². The molecule has 0 radical (unpaired) electrons. The van der Waals surface area contributed by atoms with Crippen molar-refractivity contribution in [3.8, 4) is 0 Å². The number of nitrogens with one attached hydrogen (secondary N) is 2. The molecule has 0 saturated heterocycles. The van der Waals surface area contributed by atoms with Crippen LogP contribution < -0.4 is 10.6 Å². The normalized spacial score (nSPS) is 11.0. The van der Waals surface area contributed by atoms with E-state index in [0.29, 0.717) is 11.6 Å². The lowest BCUT2D eigenvalue weighted by Crippen LogP contribution is -2.13. The first-order valence-corrected chi connectivity index (χ1v) is 7.54. The molecule has 0 saturated carbocycles. The molecule has 0 aliphatic carbocycles. The van der Waals surface area contributed by atoms with Gasteiger partial charge in [-0.3, -0.25) is 4.79 Å². The Bertz CT molecular complexity index is 914. The number of amides is 1. The summed E-state index contributed by atoms with van der Waals surface area (Å²) >= 11 is 0. The van der Waals surface area contributed by atoms with Gasteiger partial charge in [0.2, 0.25) is 5.95 Å². The van der Waals surface area contributed by atoms with Crippen LogP contribution in [-0.4, -0.2) is 15.9 Å². The number of alkyl halides is 3. The van der Waals surface area contributed by atoms with E-state index in [4.69, 9.17) is 0 Å². The summed E-state index contributed by atoms with van der Waals surface area (Å²) in [6.45, 7) is 0. The molecule has 3 aromatic rings. The van der Waals surface area contributed by atoms with Gasteiger partial charge in [0.1, 0.15) is 0 Å². The fraction of sp³-hybridized carbons (Fsp3) is 0.0556. The van der Waals surface area contributed by atoms with E-state index >= 15 is 0 Å². The lowest BCUT2D eigenvalue weighted by Gasteiger charge is -2.10. The van der Waals surface area contributed by atoms with Crippen LogP contribution in [0.2, 0.25) is 0 Å². The van der Waals surface area contributed by atoms with Crippen LogP contribution in [0.5, 0.6) is 0 Å². The van der Waals surface area contributed by atoms with Crippen LogP contribution in [0.1, 0.15) is 15.9 Å². The molecule has 0 bridgehead atoms. The predicted octanol–water partition coefficient (Wildman–Crippen LogP) is 4.49. The summed E-state index contributed by atoms with van der Waals surface area (Å²) in [5.74, 6) is -0.162. The molecule has 0 aliphatic rings. The van der Waals surface area contributed by atoms with Crippen LogP contribution in [0.25, 0.3) is 0 Å². The second-order valence-corrected chi connectivity index (χ2v) is 5.31. The number of benzene rings is 2. The molecule has 8 heteroatoms. The van der Waals surface area contributed by atoms with Crippen molar-refractivity contribution in [3.63, 3.8) is 0 Å². The van der Waals surface area contributed by atoms with Gasteiger partial charge in [0.15, 0.2) is 0 Å². The topological polar surface area (TPSA) is 66.9 Å². The molecular weight excluding hydrogens is 345 g/mol.